The smallest absolute Gasteiger partial charge is 0.242 e. The highest BCUT2D eigenvalue weighted by Crippen LogP contribution is 2.22. The maximum Gasteiger partial charge on any atom is 0.242 e. The van der Waals surface area contributed by atoms with Crippen LogP contribution in [0, 0.1) is 12.7 Å². The molecule has 3 rings (SSSR count). The molecule has 0 heterocycles. The third-order valence-electron chi connectivity index (χ3n) is 4.78. The normalized spacial score (nSPS) is 12.2. The van der Waals surface area contributed by atoms with Crippen molar-refractivity contribution >= 4 is 21.6 Å². The minimum Gasteiger partial charge on any atom is -0.494 e. The Bertz CT molecular complexity index is 1180. The molecule has 0 radical (unpaired) electrons. The van der Waals surface area contributed by atoms with Gasteiger partial charge in [0.15, 0.2) is 0 Å². The zero-order valence-electron chi connectivity index (χ0n) is 17.8. The molecule has 0 saturated heterocycles. The standard InChI is InChI=1S/C24H25FN2O4S/c1-3-31-23-14-13-19(15-17(23)2)32(29,30)27-22(16-18-9-5-4-6-10-18)24(28)26-21-12-8-7-11-20(21)25/h4-15,22,27H,3,16H2,1-2H3,(H,26,28). The van der Waals surface area contributed by atoms with Crippen molar-refractivity contribution in [2.24, 2.45) is 0 Å². The molecule has 1 atom stereocenters. The van der Waals surface area contributed by atoms with Gasteiger partial charge >= 0.3 is 0 Å². The SMILES string of the molecule is CCOc1ccc(S(=O)(=O)NC(Cc2ccccc2)C(=O)Nc2ccccc2F)cc1C. The lowest BCUT2D eigenvalue weighted by molar-refractivity contribution is -0.117. The fourth-order valence-electron chi connectivity index (χ4n) is 3.18. The average molecular weight is 457 g/mol. The van der Waals surface area contributed by atoms with E-state index in [1.807, 2.05) is 13.0 Å². The van der Waals surface area contributed by atoms with Crippen LogP contribution in [0.2, 0.25) is 0 Å². The monoisotopic (exact) mass is 456 g/mol. The third-order valence-corrected chi connectivity index (χ3v) is 6.25. The van der Waals surface area contributed by atoms with Gasteiger partial charge in [-0.2, -0.15) is 4.72 Å². The molecule has 0 aliphatic carbocycles. The van der Waals surface area contributed by atoms with Gasteiger partial charge in [-0.3, -0.25) is 4.79 Å². The van der Waals surface area contributed by atoms with Crippen molar-refractivity contribution in [3.05, 3.63) is 89.7 Å². The van der Waals surface area contributed by atoms with E-state index in [0.717, 1.165) is 5.56 Å². The van der Waals surface area contributed by atoms with Gasteiger partial charge in [-0.25, -0.2) is 12.8 Å². The van der Waals surface area contributed by atoms with Crippen LogP contribution in [0.25, 0.3) is 0 Å². The molecule has 0 aromatic heterocycles. The third kappa shape index (κ3) is 5.93. The molecule has 168 valence electrons. The molecule has 3 aromatic rings. The number of benzene rings is 3. The molecule has 3 aromatic carbocycles. The second kappa shape index (κ2) is 10.4. The van der Waals surface area contributed by atoms with Crippen LogP contribution in [0.1, 0.15) is 18.1 Å². The minimum absolute atomic E-state index is 0.00945. The number of sulfonamides is 1. The molecule has 0 aliphatic heterocycles. The summed E-state index contributed by atoms with van der Waals surface area (Å²) in [4.78, 5) is 13.0. The molecule has 6 nitrogen and oxygen atoms in total. The van der Waals surface area contributed by atoms with Crippen LogP contribution < -0.4 is 14.8 Å². The Morgan fingerprint density at radius 3 is 2.38 bits per heavy atom. The van der Waals surface area contributed by atoms with E-state index in [1.54, 1.807) is 43.3 Å². The lowest BCUT2D eigenvalue weighted by Crippen LogP contribution is -2.45. The summed E-state index contributed by atoms with van der Waals surface area (Å²) in [6.07, 6.45) is 0.0936. The summed E-state index contributed by atoms with van der Waals surface area (Å²) in [5.74, 6) is -0.681. The van der Waals surface area contributed by atoms with Crippen LogP contribution >= 0.6 is 0 Å². The fourth-order valence-corrected chi connectivity index (χ4v) is 4.46. The lowest BCUT2D eigenvalue weighted by atomic mass is 10.1. The van der Waals surface area contributed by atoms with E-state index in [2.05, 4.69) is 10.0 Å². The fraction of sp³-hybridized carbons (Fsp3) is 0.208. The average Bonchev–Trinajstić information content (AvgIpc) is 2.77. The number of rotatable bonds is 9. The second-order valence-electron chi connectivity index (χ2n) is 7.19. The number of amides is 1. The number of halogens is 1. The molecule has 0 bridgehead atoms. The first-order chi connectivity index (χ1) is 15.3. The summed E-state index contributed by atoms with van der Waals surface area (Å²) in [6.45, 7) is 4.05. The molecule has 1 amide bonds. The molecule has 0 spiro atoms. The first-order valence-corrected chi connectivity index (χ1v) is 11.6. The zero-order valence-corrected chi connectivity index (χ0v) is 18.7. The second-order valence-corrected chi connectivity index (χ2v) is 8.91. The molecule has 0 fully saturated rings. The number of carbonyl (C=O) groups is 1. The molecule has 1 unspecified atom stereocenters. The van der Waals surface area contributed by atoms with Crippen LogP contribution in [0.15, 0.2) is 77.7 Å². The predicted octanol–water partition coefficient (Wildman–Crippen LogP) is 4.06. The molecule has 0 aliphatic rings. The van der Waals surface area contributed by atoms with Crippen LogP contribution in [0.4, 0.5) is 10.1 Å². The summed E-state index contributed by atoms with van der Waals surface area (Å²) in [7, 11) is -4.04. The lowest BCUT2D eigenvalue weighted by Gasteiger charge is -2.19. The molecule has 32 heavy (non-hydrogen) atoms. The van der Waals surface area contributed by atoms with Crippen molar-refractivity contribution in [3.63, 3.8) is 0 Å². The number of ether oxygens (including phenoxy) is 1. The van der Waals surface area contributed by atoms with Gasteiger partial charge in [0.1, 0.15) is 17.6 Å². The van der Waals surface area contributed by atoms with Crippen molar-refractivity contribution in [1.29, 1.82) is 0 Å². The Balaban J connectivity index is 1.88. The van der Waals surface area contributed by atoms with E-state index in [-0.39, 0.29) is 17.0 Å². The number of carbonyl (C=O) groups excluding carboxylic acids is 1. The number of aryl methyl sites for hydroxylation is 1. The Morgan fingerprint density at radius 2 is 1.72 bits per heavy atom. The van der Waals surface area contributed by atoms with Gasteiger partial charge in [-0.05, 0) is 61.7 Å². The van der Waals surface area contributed by atoms with E-state index in [1.165, 1.54) is 30.3 Å². The minimum atomic E-state index is -4.04. The van der Waals surface area contributed by atoms with Crippen LogP contribution in [-0.2, 0) is 21.2 Å². The number of hydrogen-bond acceptors (Lipinski definition) is 4. The highest BCUT2D eigenvalue weighted by atomic mass is 32.2. The highest BCUT2D eigenvalue weighted by molar-refractivity contribution is 7.89. The van der Waals surface area contributed by atoms with Gasteiger partial charge in [0.05, 0.1) is 17.2 Å². The van der Waals surface area contributed by atoms with E-state index >= 15 is 0 Å². The zero-order chi connectivity index (χ0) is 23.1. The van der Waals surface area contributed by atoms with Gasteiger partial charge in [-0.15, -0.1) is 0 Å². The van der Waals surface area contributed by atoms with Crippen LogP contribution in [-0.4, -0.2) is 27.0 Å². The summed E-state index contributed by atoms with van der Waals surface area (Å²) in [5.41, 5.74) is 1.39. The van der Waals surface area contributed by atoms with Crippen molar-refractivity contribution in [2.45, 2.75) is 31.2 Å². The summed E-state index contributed by atoms with van der Waals surface area (Å²) in [6, 6.07) is 18.1. The summed E-state index contributed by atoms with van der Waals surface area (Å²) >= 11 is 0. The van der Waals surface area contributed by atoms with Gasteiger partial charge in [0, 0.05) is 0 Å². The Kier molecular flexibility index (Phi) is 7.61. The van der Waals surface area contributed by atoms with Gasteiger partial charge in [-0.1, -0.05) is 42.5 Å². The Morgan fingerprint density at radius 1 is 1.03 bits per heavy atom. The van der Waals surface area contributed by atoms with E-state index < -0.39 is 27.8 Å². The van der Waals surface area contributed by atoms with Crippen molar-refractivity contribution in [1.82, 2.24) is 4.72 Å². The number of nitrogens with one attached hydrogen (secondary N) is 2. The van der Waals surface area contributed by atoms with Gasteiger partial charge in [0.2, 0.25) is 15.9 Å². The van der Waals surface area contributed by atoms with E-state index in [0.29, 0.717) is 17.9 Å². The van der Waals surface area contributed by atoms with Crippen molar-refractivity contribution < 1.29 is 22.3 Å². The summed E-state index contributed by atoms with van der Waals surface area (Å²) in [5, 5.41) is 2.48. The number of hydrogen-bond donors (Lipinski definition) is 2. The largest absolute Gasteiger partial charge is 0.494 e. The van der Waals surface area contributed by atoms with E-state index in [4.69, 9.17) is 4.74 Å². The van der Waals surface area contributed by atoms with Gasteiger partial charge < -0.3 is 10.1 Å². The first kappa shape index (κ1) is 23.4. The predicted molar refractivity (Wildman–Crippen MR) is 122 cm³/mol. The van der Waals surface area contributed by atoms with Crippen LogP contribution in [0.3, 0.4) is 0 Å². The molecule has 8 heteroatoms. The summed E-state index contributed by atoms with van der Waals surface area (Å²) < 4.78 is 48.1. The molecule has 2 N–H and O–H groups in total. The topological polar surface area (TPSA) is 84.5 Å². The number of anilines is 1. The van der Waals surface area contributed by atoms with E-state index in [9.17, 15) is 17.6 Å². The first-order valence-electron chi connectivity index (χ1n) is 10.1. The maximum absolute atomic E-state index is 14.0. The molecule has 0 saturated carbocycles. The highest BCUT2D eigenvalue weighted by Gasteiger charge is 2.27. The quantitative estimate of drug-likeness (QED) is 0.509. The Hall–Kier alpha value is -3.23. The molecular weight excluding hydrogens is 431 g/mol. The number of para-hydroxylation sites is 1. The van der Waals surface area contributed by atoms with Crippen LogP contribution in [0.5, 0.6) is 5.75 Å². The molecular formula is C24H25FN2O4S. The van der Waals surface area contributed by atoms with Gasteiger partial charge in [0.25, 0.3) is 0 Å². The van der Waals surface area contributed by atoms with Crippen molar-refractivity contribution in [3.8, 4) is 5.75 Å². The maximum atomic E-state index is 14.0. The Labute approximate surface area is 187 Å². The van der Waals surface area contributed by atoms with Crippen molar-refractivity contribution in [2.75, 3.05) is 11.9 Å².